The first-order valence-electron chi connectivity index (χ1n) is 7.54. The van der Waals surface area contributed by atoms with E-state index in [-0.39, 0.29) is 5.92 Å². The van der Waals surface area contributed by atoms with E-state index in [1.165, 1.54) is 11.1 Å². The van der Waals surface area contributed by atoms with Crippen LogP contribution in [0.4, 0.5) is 0 Å². The number of fused-ring (bicyclic) bond motifs is 1. The van der Waals surface area contributed by atoms with Gasteiger partial charge in [-0.2, -0.15) is 0 Å². The molecule has 3 heterocycles. The summed E-state index contributed by atoms with van der Waals surface area (Å²) in [4.78, 5) is 11.9. The smallest absolute Gasteiger partial charge is 0.126 e. The molecule has 1 atom stereocenters. The lowest BCUT2D eigenvalue weighted by molar-refractivity contribution is 0.352. The number of hydrogen-bond acceptors (Lipinski definition) is 3. The van der Waals surface area contributed by atoms with E-state index in [2.05, 4.69) is 39.2 Å². The highest BCUT2D eigenvalue weighted by molar-refractivity contribution is 5.48. The second-order valence-electron chi connectivity index (χ2n) is 5.52. The van der Waals surface area contributed by atoms with Crippen LogP contribution in [0, 0.1) is 0 Å². The molecule has 4 rings (SSSR count). The van der Waals surface area contributed by atoms with Crippen LogP contribution in [0.1, 0.15) is 28.4 Å². The number of aromatic nitrogens is 3. The van der Waals surface area contributed by atoms with Crippen LogP contribution in [0.2, 0.25) is 0 Å². The second kappa shape index (κ2) is 5.64. The molecule has 1 aromatic carbocycles. The van der Waals surface area contributed by atoms with Gasteiger partial charge in [-0.1, -0.05) is 24.3 Å². The van der Waals surface area contributed by atoms with E-state index in [1.54, 1.807) is 6.33 Å². The van der Waals surface area contributed by atoms with Crippen molar-refractivity contribution in [1.29, 1.82) is 0 Å². The van der Waals surface area contributed by atoms with Crippen LogP contribution in [0.15, 0.2) is 55.1 Å². The predicted octanol–water partition coefficient (Wildman–Crippen LogP) is 3.11. The SMILES string of the molecule is c1ccc(C[C@H](c2cnc[nH]2)c2cccc3c2OCC3)nc1. The molecule has 4 nitrogen and oxygen atoms in total. The van der Waals surface area contributed by atoms with Crippen LogP contribution in [0.3, 0.4) is 0 Å². The summed E-state index contributed by atoms with van der Waals surface area (Å²) < 4.78 is 5.89. The van der Waals surface area contributed by atoms with Crippen LogP contribution in [-0.4, -0.2) is 21.6 Å². The van der Waals surface area contributed by atoms with Crippen molar-refractivity contribution < 1.29 is 4.74 Å². The molecule has 0 saturated carbocycles. The largest absolute Gasteiger partial charge is 0.493 e. The molecule has 0 radical (unpaired) electrons. The third kappa shape index (κ3) is 2.37. The number of H-pyrrole nitrogens is 1. The van der Waals surface area contributed by atoms with Gasteiger partial charge in [0.15, 0.2) is 0 Å². The lowest BCUT2D eigenvalue weighted by Gasteiger charge is -2.18. The number of hydrogen-bond donors (Lipinski definition) is 1. The molecule has 0 unspecified atom stereocenters. The molecule has 0 amide bonds. The second-order valence-corrected chi connectivity index (χ2v) is 5.52. The minimum Gasteiger partial charge on any atom is -0.493 e. The van der Waals surface area contributed by atoms with E-state index >= 15 is 0 Å². The highest BCUT2D eigenvalue weighted by atomic mass is 16.5. The quantitative estimate of drug-likeness (QED) is 0.803. The van der Waals surface area contributed by atoms with Gasteiger partial charge >= 0.3 is 0 Å². The Morgan fingerprint density at radius 2 is 2.18 bits per heavy atom. The van der Waals surface area contributed by atoms with Crippen molar-refractivity contribution in [3.8, 4) is 5.75 Å². The molecule has 0 aliphatic carbocycles. The maximum absolute atomic E-state index is 5.89. The van der Waals surface area contributed by atoms with Crippen molar-refractivity contribution in [3.05, 3.63) is 77.6 Å². The molecule has 0 bridgehead atoms. The van der Waals surface area contributed by atoms with Crippen molar-refractivity contribution in [1.82, 2.24) is 15.0 Å². The fourth-order valence-corrected chi connectivity index (χ4v) is 3.09. The van der Waals surface area contributed by atoms with Crippen molar-refractivity contribution in [2.75, 3.05) is 6.61 Å². The predicted molar refractivity (Wildman–Crippen MR) is 84.0 cm³/mol. The van der Waals surface area contributed by atoms with Crippen LogP contribution >= 0.6 is 0 Å². The maximum Gasteiger partial charge on any atom is 0.126 e. The monoisotopic (exact) mass is 291 g/mol. The van der Waals surface area contributed by atoms with Gasteiger partial charge in [-0.05, 0) is 17.7 Å². The van der Waals surface area contributed by atoms with E-state index in [0.717, 1.165) is 36.6 Å². The number of ether oxygens (including phenoxy) is 1. The summed E-state index contributed by atoms with van der Waals surface area (Å²) in [5.41, 5.74) is 4.67. The topological polar surface area (TPSA) is 50.8 Å². The average Bonchev–Trinajstić information content (AvgIpc) is 3.24. The van der Waals surface area contributed by atoms with Gasteiger partial charge in [0, 0.05) is 48.1 Å². The summed E-state index contributed by atoms with van der Waals surface area (Å²) in [6.45, 7) is 0.769. The Morgan fingerprint density at radius 1 is 1.18 bits per heavy atom. The molecular formula is C18H17N3O. The van der Waals surface area contributed by atoms with E-state index < -0.39 is 0 Å². The Kier molecular flexibility index (Phi) is 3.35. The number of nitrogens with one attached hydrogen (secondary N) is 1. The summed E-state index contributed by atoms with van der Waals surface area (Å²) in [5.74, 6) is 1.21. The molecular weight excluding hydrogens is 274 g/mol. The molecule has 0 saturated heterocycles. The summed E-state index contributed by atoms with van der Waals surface area (Å²) >= 11 is 0. The van der Waals surface area contributed by atoms with Crippen LogP contribution in [-0.2, 0) is 12.8 Å². The highest BCUT2D eigenvalue weighted by Gasteiger charge is 2.24. The number of para-hydroxylation sites is 1. The zero-order valence-electron chi connectivity index (χ0n) is 12.2. The number of nitrogens with zero attached hydrogens (tertiary/aromatic N) is 2. The Hall–Kier alpha value is -2.62. The summed E-state index contributed by atoms with van der Waals surface area (Å²) in [6.07, 6.45) is 7.27. The maximum atomic E-state index is 5.89. The first-order valence-corrected chi connectivity index (χ1v) is 7.54. The van der Waals surface area contributed by atoms with E-state index in [0.29, 0.717) is 0 Å². The minimum atomic E-state index is 0.172. The lowest BCUT2D eigenvalue weighted by Crippen LogP contribution is -2.08. The molecule has 22 heavy (non-hydrogen) atoms. The first-order chi connectivity index (χ1) is 10.9. The Morgan fingerprint density at radius 3 is 3.00 bits per heavy atom. The standard InChI is InChI=1S/C18H17N3O/c1-2-8-20-14(5-1)10-16(17-11-19-12-21-17)15-6-3-4-13-7-9-22-18(13)15/h1-6,8,11-12,16H,7,9-10H2,(H,19,21)/t16-/m0/s1. The van der Waals surface area contributed by atoms with Gasteiger partial charge in [-0.25, -0.2) is 4.98 Å². The number of aromatic amines is 1. The Bertz CT molecular complexity index is 753. The molecule has 3 aromatic rings. The van der Waals surface area contributed by atoms with Crippen LogP contribution < -0.4 is 4.74 Å². The summed E-state index contributed by atoms with van der Waals surface area (Å²) in [5, 5.41) is 0. The van der Waals surface area contributed by atoms with Crippen molar-refractivity contribution in [2.24, 2.45) is 0 Å². The number of benzene rings is 1. The van der Waals surface area contributed by atoms with Gasteiger partial charge < -0.3 is 9.72 Å². The van der Waals surface area contributed by atoms with Gasteiger partial charge in [-0.3, -0.25) is 4.98 Å². The molecule has 110 valence electrons. The number of imidazole rings is 1. The minimum absolute atomic E-state index is 0.172. The third-order valence-electron chi connectivity index (χ3n) is 4.15. The normalized spacial score (nSPS) is 14.4. The molecule has 4 heteroatoms. The first kappa shape index (κ1) is 13.1. The van der Waals surface area contributed by atoms with Crippen LogP contribution in [0.5, 0.6) is 5.75 Å². The van der Waals surface area contributed by atoms with Gasteiger partial charge in [0.1, 0.15) is 5.75 Å². The average molecular weight is 291 g/mol. The third-order valence-corrected chi connectivity index (χ3v) is 4.15. The highest BCUT2D eigenvalue weighted by Crippen LogP contribution is 2.38. The van der Waals surface area contributed by atoms with Crippen molar-refractivity contribution in [3.63, 3.8) is 0 Å². The van der Waals surface area contributed by atoms with Gasteiger partial charge in [0.25, 0.3) is 0 Å². The van der Waals surface area contributed by atoms with E-state index in [4.69, 9.17) is 4.74 Å². The molecule has 1 N–H and O–H groups in total. The molecule has 1 aliphatic heterocycles. The summed E-state index contributed by atoms with van der Waals surface area (Å²) in [6, 6.07) is 12.4. The molecule has 2 aromatic heterocycles. The zero-order chi connectivity index (χ0) is 14.8. The Labute approximate surface area is 129 Å². The fourth-order valence-electron chi connectivity index (χ4n) is 3.09. The fraction of sp³-hybridized carbons (Fsp3) is 0.222. The van der Waals surface area contributed by atoms with E-state index in [1.807, 2.05) is 24.5 Å². The molecule has 0 spiro atoms. The van der Waals surface area contributed by atoms with Crippen LogP contribution in [0.25, 0.3) is 0 Å². The van der Waals surface area contributed by atoms with E-state index in [9.17, 15) is 0 Å². The number of pyridine rings is 1. The number of rotatable bonds is 4. The van der Waals surface area contributed by atoms with Gasteiger partial charge in [-0.15, -0.1) is 0 Å². The molecule has 0 fully saturated rings. The summed E-state index contributed by atoms with van der Waals surface area (Å²) in [7, 11) is 0. The van der Waals surface area contributed by atoms with Crippen molar-refractivity contribution >= 4 is 0 Å². The Balaban J connectivity index is 1.77. The lowest BCUT2D eigenvalue weighted by atomic mass is 9.89. The zero-order valence-corrected chi connectivity index (χ0v) is 12.2. The van der Waals surface area contributed by atoms with Gasteiger partial charge in [0.05, 0.1) is 12.9 Å². The van der Waals surface area contributed by atoms with Gasteiger partial charge in [0.2, 0.25) is 0 Å². The van der Waals surface area contributed by atoms with Crippen molar-refractivity contribution in [2.45, 2.75) is 18.8 Å². The molecule has 1 aliphatic rings.